The molecule has 1 aromatic rings. The normalized spacial score (nSPS) is 20.8. The van der Waals surface area contributed by atoms with Gasteiger partial charge in [-0.3, -0.25) is 0 Å². The zero-order valence-electron chi connectivity index (χ0n) is 10.4. The van der Waals surface area contributed by atoms with Crippen molar-refractivity contribution >= 4 is 0 Å². The van der Waals surface area contributed by atoms with Crippen molar-refractivity contribution in [1.29, 1.82) is 0 Å². The first-order valence-corrected chi connectivity index (χ1v) is 6.68. The number of hydrogen-bond donors (Lipinski definition) is 1. The number of benzene rings is 1. The second-order valence-electron chi connectivity index (χ2n) is 5.07. The Balaban J connectivity index is 2.09. The quantitative estimate of drug-likeness (QED) is 0.772. The van der Waals surface area contributed by atoms with Crippen molar-refractivity contribution in [2.45, 2.75) is 38.2 Å². The lowest BCUT2D eigenvalue weighted by molar-refractivity contribution is 0.0850. The van der Waals surface area contributed by atoms with Crippen LogP contribution in [0.3, 0.4) is 0 Å². The molecule has 0 heterocycles. The summed E-state index contributed by atoms with van der Waals surface area (Å²) >= 11 is 0. The van der Waals surface area contributed by atoms with Gasteiger partial charge in [0.2, 0.25) is 0 Å². The molecule has 1 fully saturated rings. The van der Waals surface area contributed by atoms with E-state index in [4.69, 9.17) is 0 Å². The minimum atomic E-state index is -0.392. The molecular formula is C16H22O. The first-order valence-electron chi connectivity index (χ1n) is 6.68. The van der Waals surface area contributed by atoms with Gasteiger partial charge in [0.15, 0.2) is 0 Å². The number of rotatable bonds is 4. The standard InChI is InChI=1S/C16H22O/c1-2-15(13-9-5-3-6-10-13)16(17)14-11-7-4-8-12-14/h2,4,7-8,11-13,15-17H,1,3,5-6,9-10H2/t15-,16-/m0/s1. The Morgan fingerprint density at radius 3 is 2.35 bits per heavy atom. The van der Waals surface area contributed by atoms with Gasteiger partial charge in [-0.05, 0) is 24.3 Å². The van der Waals surface area contributed by atoms with E-state index in [9.17, 15) is 5.11 Å². The number of hydrogen-bond acceptors (Lipinski definition) is 1. The lowest BCUT2D eigenvalue weighted by Gasteiger charge is -2.31. The molecule has 17 heavy (non-hydrogen) atoms. The molecule has 0 aliphatic heterocycles. The molecule has 0 spiro atoms. The molecule has 1 aliphatic carbocycles. The van der Waals surface area contributed by atoms with Crippen LogP contribution >= 0.6 is 0 Å². The first-order chi connectivity index (χ1) is 8.33. The Morgan fingerprint density at radius 1 is 1.12 bits per heavy atom. The maximum absolute atomic E-state index is 10.5. The van der Waals surface area contributed by atoms with E-state index in [0.29, 0.717) is 5.92 Å². The lowest BCUT2D eigenvalue weighted by atomic mass is 9.76. The zero-order chi connectivity index (χ0) is 12.1. The maximum atomic E-state index is 10.5. The predicted molar refractivity (Wildman–Crippen MR) is 71.7 cm³/mol. The molecule has 2 rings (SSSR count). The van der Waals surface area contributed by atoms with E-state index in [1.807, 2.05) is 36.4 Å². The summed E-state index contributed by atoms with van der Waals surface area (Å²) in [5, 5.41) is 10.5. The van der Waals surface area contributed by atoms with Crippen molar-refractivity contribution in [2.24, 2.45) is 11.8 Å². The first kappa shape index (κ1) is 12.4. The smallest absolute Gasteiger partial charge is 0.0855 e. The van der Waals surface area contributed by atoms with Crippen LogP contribution in [-0.2, 0) is 0 Å². The highest BCUT2D eigenvalue weighted by Crippen LogP contribution is 2.37. The third-order valence-corrected chi connectivity index (χ3v) is 3.97. The van der Waals surface area contributed by atoms with Crippen molar-refractivity contribution in [3.05, 3.63) is 48.6 Å². The predicted octanol–water partition coefficient (Wildman–Crippen LogP) is 4.10. The van der Waals surface area contributed by atoms with Crippen molar-refractivity contribution in [3.8, 4) is 0 Å². The summed E-state index contributed by atoms with van der Waals surface area (Å²) in [7, 11) is 0. The molecular weight excluding hydrogens is 208 g/mol. The van der Waals surface area contributed by atoms with Gasteiger partial charge in [0.25, 0.3) is 0 Å². The Hall–Kier alpha value is -1.08. The van der Waals surface area contributed by atoms with Crippen molar-refractivity contribution in [2.75, 3.05) is 0 Å². The molecule has 1 aliphatic rings. The Labute approximate surface area is 104 Å². The molecule has 0 unspecified atom stereocenters. The van der Waals surface area contributed by atoms with Gasteiger partial charge in [0.05, 0.1) is 6.10 Å². The summed E-state index contributed by atoms with van der Waals surface area (Å²) in [6.07, 6.45) is 7.99. The van der Waals surface area contributed by atoms with Gasteiger partial charge in [0.1, 0.15) is 0 Å². The van der Waals surface area contributed by atoms with E-state index in [0.717, 1.165) is 5.56 Å². The van der Waals surface area contributed by atoms with Crippen molar-refractivity contribution < 1.29 is 5.11 Å². The fourth-order valence-electron chi connectivity index (χ4n) is 2.97. The summed E-state index contributed by atoms with van der Waals surface area (Å²) in [5.74, 6) is 0.814. The lowest BCUT2D eigenvalue weighted by Crippen LogP contribution is -2.22. The molecule has 2 atom stereocenters. The largest absolute Gasteiger partial charge is 0.388 e. The van der Waals surface area contributed by atoms with Gasteiger partial charge in [-0.2, -0.15) is 0 Å². The highest BCUT2D eigenvalue weighted by molar-refractivity contribution is 5.19. The molecule has 0 amide bonds. The van der Waals surface area contributed by atoms with Crippen LogP contribution in [0.2, 0.25) is 0 Å². The van der Waals surface area contributed by atoms with Crippen LogP contribution in [0.25, 0.3) is 0 Å². The second kappa shape index (κ2) is 6.02. The van der Waals surface area contributed by atoms with E-state index in [-0.39, 0.29) is 5.92 Å². The SMILES string of the molecule is C=C[C@@H](C1CCCCC1)[C@@H](O)c1ccccc1. The summed E-state index contributed by atoms with van der Waals surface area (Å²) < 4.78 is 0. The monoisotopic (exact) mass is 230 g/mol. The summed E-state index contributed by atoms with van der Waals surface area (Å²) in [5.41, 5.74) is 1.02. The Bertz CT molecular complexity index is 338. The van der Waals surface area contributed by atoms with Crippen LogP contribution in [0, 0.1) is 11.8 Å². The van der Waals surface area contributed by atoms with Gasteiger partial charge < -0.3 is 5.11 Å². The van der Waals surface area contributed by atoms with Gasteiger partial charge in [0, 0.05) is 5.92 Å². The molecule has 1 N–H and O–H groups in total. The maximum Gasteiger partial charge on any atom is 0.0855 e. The van der Waals surface area contributed by atoms with E-state index in [1.165, 1.54) is 32.1 Å². The average molecular weight is 230 g/mol. The molecule has 1 saturated carbocycles. The van der Waals surface area contributed by atoms with Crippen LogP contribution in [-0.4, -0.2) is 5.11 Å². The number of aliphatic hydroxyl groups excluding tert-OH is 1. The Kier molecular flexibility index (Phi) is 4.38. The molecule has 92 valence electrons. The minimum absolute atomic E-state index is 0.206. The van der Waals surface area contributed by atoms with Crippen LogP contribution in [0.4, 0.5) is 0 Å². The molecule has 1 aromatic carbocycles. The second-order valence-corrected chi connectivity index (χ2v) is 5.07. The van der Waals surface area contributed by atoms with Crippen LogP contribution in [0.5, 0.6) is 0 Å². The van der Waals surface area contributed by atoms with Crippen molar-refractivity contribution in [1.82, 2.24) is 0 Å². The van der Waals surface area contributed by atoms with E-state index in [1.54, 1.807) is 0 Å². The minimum Gasteiger partial charge on any atom is -0.388 e. The van der Waals surface area contributed by atoms with Gasteiger partial charge in [-0.15, -0.1) is 6.58 Å². The van der Waals surface area contributed by atoms with E-state index in [2.05, 4.69) is 6.58 Å². The van der Waals surface area contributed by atoms with Gasteiger partial charge >= 0.3 is 0 Å². The summed E-state index contributed by atoms with van der Waals surface area (Å²) in [6, 6.07) is 9.97. The molecule has 0 aromatic heterocycles. The van der Waals surface area contributed by atoms with Gasteiger partial charge in [-0.1, -0.05) is 55.7 Å². The molecule has 0 saturated heterocycles. The van der Waals surface area contributed by atoms with Crippen LogP contribution in [0.1, 0.15) is 43.8 Å². The third kappa shape index (κ3) is 2.98. The highest BCUT2D eigenvalue weighted by atomic mass is 16.3. The fourth-order valence-corrected chi connectivity index (χ4v) is 2.97. The topological polar surface area (TPSA) is 20.2 Å². The Morgan fingerprint density at radius 2 is 1.76 bits per heavy atom. The highest BCUT2D eigenvalue weighted by Gasteiger charge is 2.27. The molecule has 1 heteroatoms. The zero-order valence-corrected chi connectivity index (χ0v) is 10.4. The molecule has 1 nitrogen and oxygen atoms in total. The van der Waals surface area contributed by atoms with Crippen LogP contribution in [0.15, 0.2) is 43.0 Å². The third-order valence-electron chi connectivity index (χ3n) is 3.97. The average Bonchev–Trinajstić information content (AvgIpc) is 2.42. The summed E-state index contributed by atoms with van der Waals surface area (Å²) in [6.45, 7) is 3.92. The fraction of sp³-hybridized carbons (Fsp3) is 0.500. The molecule has 0 radical (unpaired) electrons. The van der Waals surface area contributed by atoms with Crippen LogP contribution < -0.4 is 0 Å². The van der Waals surface area contributed by atoms with E-state index >= 15 is 0 Å². The summed E-state index contributed by atoms with van der Waals surface area (Å²) in [4.78, 5) is 0. The van der Waals surface area contributed by atoms with Crippen molar-refractivity contribution in [3.63, 3.8) is 0 Å². The van der Waals surface area contributed by atoms with E-state index < -0.39 is 6.10 Å². The van der Waals surface area contributed by atoms with Gasteiger partial charge in [-0.25, -0.2) is 0 Å². The number of aliphatic hydroxyl groups is 1. The molecule has 0 bridgehead atoms.